The van der Waals surface area contributed by atoms with Crippen LogP contribution in [0.1, 0.15) is 33.6 Å². The molecule has 16 heavy (non-hydrogen) atoms. The van der Waals surface area contributed by atoms with Gasteiger partial charge in [-0.3, -0.25) is 4.79 Å². The van der Waals surface area contributed by atoms with Crippen molar-refractivity contribution in [3.63, 3.8) is 0 Å². The van der Waals surface area contributed by atoms with Crippen LogP contribution >= 0.6 is 24.2 Å². The maximum absolute atomic E-state index is 12.1. The summed E-state index contributed by atoms with van der Waals surface area (Å²) in [6.45, 7) is 7.78. The fourth-order valence-corrected chi connectivity index (χ4v) is 3.00. The van der Waals surface area contributed by atoms with Gasteiger partial charge in [0.2, 0.25) is 5.91 Å². The lowest BCUT2D eigenvalue weighted by molar-refractivity contribution is -0.136. The van der Waals surface area contributed by atoms with Gasteiger partial charge in [-0.05, 0) is 13.3 Å². The van der Waals surface area contributed by atoms with Crippen molar-refractivity contribution in [3.05, 3.63) is 0 Å². The minimum Gasteiger partial charge on any atom is -0.339 e. The van der Waals surface area contributed by atoms with E-state index < -0.39 is 5.54 Å². The van der Waals surface area contributed by atoms with Gasteiger partial charge in [0.25, 0.3) is 0 Å². The van der Waals surface area contributed by atoms with Gasteiger partial charge in [-0.2, -0.15) is 11.8 Å². The van der Waals surface area contributed by atoms with Crippen molar-refractivity contribution in [3.8, 4) is 0 Å². The van der Waals surface area contributed by atoms with Crippen LogP contribution in [0, 0.1) is 0 Å². The fraction of sp³-hybridized carbons (Fsp3) is 0.909. The summed E-state index contributed by atoms with van der Waals surface area (Å²) < 4.78 is 0. The monoisotopic (exact) mass is 266 g/mol. The molecule has 1 fully saturated rings. The summed E-state index contributed by atoms with van der Waals surface area (Å²) in [5.41, 5.74) is 5.38. The summed E-state index contributed by atoms with van der Waals surface area (Å²) in [7, 11) is 0. The number of nitrogens with zero attached hydrogens (tertiary/aromatic N) is 1. The molecular formula is C11H23ClN2OS. The Morgan fingerprint density at radius 2 is 2.25 bits per heavy atom. The van der Waals surface area contributed by atoms with Crippen LogP contribution in [0.15, 0.2) is 0 Å². The number of amides is 1. The summed E-state index contributed by atoms with van der Waals surface area (Å²) >= 11 is 1.93. The van der Waals surface area contributed by atoms with E-state index in [1.807, 2.05) is 23.6 Å². The van der Waals surface area contributed by atoms with E-state index in [2.05, 4.69) is 13.8 Å². The molecule has 1 amide bonds. The highest BCUT2D eigenvalue weighted by Gasteiger charge is 2.33. The maximum atomic E-state index is 12.1. The van der Waals surface area contributed by atoms with Crippen molar-refractivity contribution < 1.29 is 4.79 Å². The van der Waals surface area contributed by atoms with Gasteiger partial charge in [0.05, 0.1) is 5.54 Å². The van der Waals surface area contributed by atoms with Crippen LogP contribution < -0.4 is 5.73 Å². The zero-order valence-electron chi connectivity index (χ0n) is 10.4. The maximum Gasteiger partial charge on any atom is 0.242 e. The molecule has 2 N–H and O–H groups in total. The Labute approximate surface area is 109 Å². The van der Waals surface area contributed by atoms with Crippen LogP contribution in [-0.4, -0.2) is 40.4 Å². The molecule has 0 spiro atoms. The molecule has 1 heterocycles. The van der Waals surface area contributed by atoms with Gasteiger partial charge >= 0.3 is 0 Å². The predicted molar refractivity (Wildman–Crippen MR) is 73.2 cm³/mol. The number of hydrogen-bond acceptors (Lipinski definition) is 3. The molecule has 0 aliphatic carbocycles. The number of carbonyl (C=O) groups is 1. The second kappa shape index (κ2) is 6.72. The van der Waals surface area contributed by atoms with Crippen molar-refractivity contribution in [1.82, 2.24) is 4.90 Å². The lowest BCUT2D eigenvalue weighted by atomic mass is 9.95. The van der Waals surface area contributed by atoms with Crippen LogP contribution in [0.5, 0.6) is 0 Å². The molecular weight excluding hydrogens is 244 g/mol. The van der Waals surface area contributed by atoms with E-state index in [9.17, 15) is 4.79 Å². The number of nitrogens with two attached hydrogens (primary N) is 1. The third kappa shape index (κ3) is 4.15. The van der Waals surface area contributed by atoms with Gasteiger partial charge in [0.15, 0.2) is 0 Å². The normalized spacial score (nSPS) is 24.5. The van der Waals surface area contributed by atoms with E-state index in [1.165, 1.54) is 0 Å². The van der Waals surface area contributed by atoms with E-state index in [0.29, 0.717) is 5.25 Å². The molecule has 0 aromatic carbocycles. The van der Waals surface area contributed by atoms with Gasteiger partial charge in [-0.25, -0.2) is 0 Å². The second-order valence-electron chi connectivity index (χ2n) is 4.60. The molecule has 0 aromatic heterocycles. The molecule has 1 saturated heterocycles. The van der Waals surface area contributed by atoms with Crippen LogP contribution in [0.3, 0.4) is 0 Å². The highest BCUT2D eigenvalue weighted by molar-refractivity contribution is 7.99. The fourth-order valence-electron chi connectivity index (χ4n) is 1.99. The van der Waals surface area contributed by atoms with E-state index in [1.54, 1.807) is 0 Å². The Bertz CT molecular complexity index is 236. The highest BCUT2D eigenvalue weighted by Crippen LogP contribution is 2.21. The summed E-state index contributed by atoms with van der Waals surface area (Å²) in [5, 5.41) is 0.542. The van der Waals surface area contributed by atoms with E-state index >= 15 is 0 Å². The first-order valence-corrected chi connectivity index (χ1v) is 6.72. The summed E-state index contributed by atoms with van der Waals surface area (Å²) in [5.74, 6) is 1.16. The third-order valence-electron chi connectivity index (χ3n) is 2.79. The number of hydrogen-bond donors (Lipinski definition) is 1. The van der Waals surface area contributed by atoms with Crippen molar-refractivity contribution in [1.29, 1.82) is 0 Å². The topological polar surface area (TPSA) is 46.3 Å². The van der Waals surface area contributed by atoms with Gasteiger partial charge in [0.1, 0.15) is 0 Å². The highest BCUT2D eigenvalue weighted by atomic mass is 35.5. The zero-order chi connectivity index (χ0) is 11.5. The standard InChI is InChI=1S/C11H22N2OS.ClH/c1-4-5-11(3,12)10(14)13-6-7-15-9(2)8-13;/h9H,4-8,12H2,1-3H3;1H. The first-order valence-electron chi connectivity index (χ1n) is 5.67. The van der Waals surface area contributed by atoms with E-state index in [4.69, 9.17) is 5.73 Å². The molecule has 1 rings (SSSR count). The molecule has 0 bridgehead atoms. The van der Waals surface area contributed by atoms with Gasteiger partial charge in [-0.1, -0.05) is 20.3 Å². The lowest BCUT2D eigenvalue weighted by Crippen LogP contribution is -2.55. The number of carbonyl (C=O) groups excluding carboxylic acids is 1. The molecule has 5 heteroatoms. The Kier molecular flexibility index (Phi) is 6.75. The number of thioether (sulfide) groups is 1. The molecule has 1 aliphatic heterocycles. The molecule has 1 aliphatic rings. The van der Waals surface area contributed by atoms with Crippen LogP contribution in [-0.2, 0) is 4.79 Å². The van der Waals surface area contributed by atoms with Crippen LogP contribution in [0.25, 0.3) is 0 Å². The summed E-state index contributed by atoms with van der Waals surface area (Å²) in [6.07, 6.45) is 1.72. The zero-order valence-corrected chi connectivity index (χ0v) is 12.0. The van der Waals surface area contributed by atoms with Crippen molar-refractivity contribution in [2.75, 3.05) is 18.8 Å². The van der Waals surface area contributed by atoms with Gasteiger partial charge in [-0.15, -0.1) is 12.4 Å². The predicted octanol–water partition coefficient (Wildman–Crippen LogP) is 1.89. The Morgan fingerprint density at radius 3 is 2.75 bits per heavy atom. The number of halogens is 1. The first-order chi connectivity index (χ1) is 6.97. The smallest absolute Gasteiger partial charge is 0.242 e. The van der Waals surface area contributed by atoms with Crippen LogP contribution in [0.4, 0.5) is 0 Å². The average Bonchev–Trinajstić information content (AvgIpc) is 2.16. The Hall–Kier alpha value is 0.0700. The first kappa shape index (κ1) is 16.1. The number of rotatable bonds is 3. The van der Waals surface area contributed by atoms with Crippen molar-refractivity contribution in [2.45, 2.75) is 44.4 Å². The third-order valence-corrected chi connectivity index (χ3v) is 3.92. The minimum atomic E-state index is -0.670. The summed E-state index contributed by atoms with van der Waals surface area (Å²) in [6, 6.07) is 0. The molecule has 0 saturated carbocycles. The Morgan fingerprint density at radius 1 is 1.62 bits per heavy atom. The molecule has 3 nitrogen and oxygen atoms in total. The average molecular weight is 267 g/mol. The largest absolute Gasteiger partial charge is 0.339 e. The Balaban J connectivity index is 0.00000225. The summed E-state index contributed by atoms with van der Waals surface area (Å²) in [4.78, 5) is 14.1. The van der Waals surface area contributed by atoms with Crippen LogP contribution in [0.2, 0.25) is 0 Å². The SMILES string of the molecule is CCCC(C)(N)C(=O)N1CCSC(C)C1.Cl. The van der Waals surface area contributed by atoms with Gasteiger partial charge in [0, 0.05) is 24.1 Å². The van der Waals surface area contributed by atoms with E-state index in [0.717, 1.165) is 31.7 Å². The molecule has 2 unspecified atom stereocenters. The van der Waals surface area contributed by atoms with E-state index in [-0.39, 0.29) is 18.3 Å². The molecule has 2 atom stereocenters. The minimum absolute atomic E-state index is 0. The van der Waals surface area contributed by atoms with Gasteiger partial charge < -0.3 is 10.6 Å². The quantitative estimate of drug-likeness (QED) is 0.849. The molecule has 0 aromatic rings. The lowest BCUT2D eigenvalue weighted by Gasteiger charge is -2.36. The molecule has 96 valence electrons. The van der Waals surface area contributed by atoms with Crippen molar-refractivity contribution >= 4 is 30.1 Å². The van der Waals surface area contributed by atoms with Crippen molar-refractivity contribution in [2.24, 2.45) is 5.73 Å². The molecule has 0 radical (unpaired) electrons. The second-order valence-corrected chi connectivity index (χ2v) is 6.15.